The molecule has 1 amide bonds. The Kier molecular flexibility index (Phi) is 6.98. The highest BCUT2D eigenvalue weighted by Gasteiger charge is 2.25. The van der Waals surface area contributed by atoms with Crippen molar-refractivity contribution < 1.29 is 19.2 Å². The minimum absolute atomic E-state index is 0.0635. The number of nitrogens with one attached hydrogen (secondary N) is 1. The van der Waals surface area contributed by atoms with E-state index in [0.29, 0.717) is 28.5 Å². The second kappa shape index (κ2) is 9.65. The number of nitro benzene ring substituents is 1. The van der Waals surface area contributed by atoms with Crippen molar-refractivity contribution in [3.63, 3.8) is 0 Å². The third-order valence-corrected chi connectivity index (χ3v) is 5.99. The first-order chi connectivity index (χ1) is 14.0. The number of amides is 1. The number of carbonyl (C=O) groups is 2. The van der Waals surface area contributed by atoms with Gasteiger partial charge in [-0.3, -0.25) is 14.9 Å². The van der Waals surface area contributed by atoms with Crippen LogP contribution >= 0.6 is 11.3 Å². The summed E-state index contributed by atoms with van der Waals surface area (Å²) >= 11 is 1.23. The maximum Gasteiger partial charge on any atom is 0.341 e. The Morgan fingerprint density at radius 2 is 2.03 bits per heavy atom. The van der Waals surface area contributed by atoms with E-state index in [1.165, 1.54) is 29.9 Å². The molecule has 0 saturated heterocycles. The lowest BCUT2D eigenvalue weighted by Gasteiger charge is -2.20. The van der Waals surface area contributed by atoms with Crippen LogP contribution < -0.4 is 5.32 Å². The highest BCUT2D eigenvalue weighted by atomic mass is 32.1. The number of non-ortho nitro benzene ring substituents is 1. The number of hydrogen-bond donors (Lipinski definition) is 1. The van der Waals surface area contributed by atoms with Crippen LogP contribution in [0.3, 0.4) is 0 Å². The quantitative estimate of drug-likeness (QED) is 0.370. The van der Waals surface area contributed by atoms with Gasteiger partial charge in [0.05, 0.1) is 11.5 Å². The second-order valence-electron chi connectivity index (χ2n) is 7.14. The molecule has 1 heterocycles. The fraction of sp³-hybridized carbons (Fsp3) is 0.429. The van der Waals surface area contributed by atoms with Crippen molar-refractivity contribution in [2.75, 3.05) is 11.9 Å². The van der Waals surface area contributed by atoms with Gasteiger partial charge in [-0.15, -0.1) is 11.3 Å². The molecule has 29 heavy (non-hydrogen) atoms. The molecule has 154 valence electrons. The third kappa shape index (κ3) is 5.20. The summed E-state index contributed by atoms with van der Waals surface area (Å²) in [4.78, 5) is 35.8. The Morgan fingerprint density at radius 1 is 1.28 bits per heavy atom. The summed E-state index contributed by atoms with van der Waals surface area (Å²) in [5.41, 5.74) is 1.23. The molecule has 0 spiro atoms. The van der Waals surface area contributed by atoms with E-state index in [0.717, 1.165) is 25.7 Å². The molecule has 2 aromatic rings. The van der Waals surface area contributed by atoms with E-state index in [9.17, 15) is 19.7 Å². The molecule has 0 aliphatic heterocycles. The largest absolute Gasteiger partial charge is 0.462 e. The van der Waals surface area contributed by atoms with Gasteiger partial charge in [0.25, 0.3) is 5.69 Å². The van der Waals surface area contributed by atoms with Crippen LogP contribution in [0, 0.1) is 16.0 Å². The van der Waals surface area contributed by atoms with E-state index in [1.807, 2.05) is 0 Å². The number of esters is 1. The monoisotopic (exact) mass is 416 g/mol. The lowest BCUT2D eigenvalue weighted by molar-refractivity contribution is -0.384. The van der Waals surface area contributed by atoms with E-state index in [2.05, 4.69) is 5.32 Å². The van der Waals surface area contributed by atoms with Crippen molar-refractivity contribution in [3.8, 4) is 11.1 Å². The Balaban J connectivity index is 1.87. The predicted octanol–water partition coefficient (Wildman–Crippen LogP) is 5.41. The van der Waals surface area contributed by atoms with Crippen molar-refractivity contribution in [1.29, 1.82) is 0 Å². The molecule has 1 aliphatic rings. The van der Waals surface area contributed by atoms with Crippen LogP contribution in [-0.4, -0.2) is 23.4 Å². The first-order valence-corrected chi connectivity index (χ1v) is 10.7. The van der Waals surface area contributed by atoms with Crippen molar-refractivity contribution in [2.24, 2.45) is 5.92 Å². The molecule has 7 nitrogen and oxygen atoms in total. The van der Waals surface area contributed by atoms with Gasteiger partial charge in [0.15, 0.2) is 0 Å². The zero-order chi connectivity index (χ0) is 20.8. The molecule has 1 saturated carbocycles. The third-order valence-electron chi connectivity index (χ3n) is 5.09. The summed E-state index contributed by atoms with van der Waals surface area (Å²) in [6.45, 7) is 1.90. The van der Waals surface area contributed by atoms with Crippen LogP contribution in [-0.2, 0) is 9.53 Å². The molecule has 3 rings (SSSR count). The number of benzene rings is 1. The fourth-order valence-electron chi connectivity index (χ4n) is 3.69. The average molecular weight is 416 g/mol. The molecule has 1 aliphatic carbocycles. The Bertz CT molecular complexity index is 902. The molecule has 0 unspecified atom stereocenters. The maximum absolute atomic E-state index is 12.6. The van der Waals surface area contributed by atoms with Gasteiger partial charge >= 0.3 is 5.97 Å². The number of nitro groups is 1. The molecule has 1 aromatic carbocycles. The van der Waals surface area contributed by atoms with Crippen LogP contribution in [0.15, 0.2) is 29.6 Å². The van der Waals surface area contributed by atoms with Crippen molar-refractivity contribution in [1.82, 2.24) is 0 Å². The van der Waals surface area contributed by atoms with E-state index in [4.69, 9.17) is 4.74 Å². The van der Waals surface area contributed by atoms with Crippen LogP contribution in [0.1, 0.15) is 55.8 Å². The molecule has 0 atom stereocenters. The first kappa shape index (κ1) is 21.0. The van der Waals surface area contributed by atoms with Gasteiger partial charge < -0.3 is 10.1 Å². The standard InChI is InChI=1S/C21H24N2O5S/c1-2-28-21(25)19-17(15-9-6-10-16(12-15)23(26)27)13-29-20(19)22-18(24)11-14-7-4-3-5-8-14/h6,9-10,12-14H,2-5,7-8,11H2,1H3,(H,22,24). The van der Waals surface area contributed by atoms with Gasteiger partial charge in [0.1, 0.15) is 10.6 Å². The summed E-state index contributed by atoms with van der Waals surface area (Å²) in [7, 11) is 0. The Labute approximate surface area is 173 Å². The Morgan fingerprint density at radius 3 is 2.72 bits per heavy atom. The summed E-state index contributed by atoms with van der Waals surface area (Å²) in [5.74, 6) is -0.288. The van der Waals surface area contributed by atoms with Gasteiger partial charge in [-0.1, -0.05) is 31.4 Å². The molecular formula is C21H24N2O5S. The average Bonchev–Trinajstić information content (AvgIpc) is 3.12. The van der Waals surface area contributed by atoms with Crippen LogP contribution in [0.5, 0.6) is 0 Å². The summed E-state index contributed by atoms with van der Waals surface area (Å²) < 4.78 is 5.18. The number of rotatable bonds is 7. The maximum atomic E-state index is 12.6. The van der Waals surface area contributed by atoms with Gasteiger partial charge in [-0.25, -0.2) is 4.79 Å². The van der Waals surface area contributed by atoms with Crippen LogP contribution in [0.2, 0.25) is 0 Å². The second-order valence-corrected chi connectivity index (χ2v) is 8.02. The van der Waals surface area contributed by atoms with E-state index >= 15 is 0 Å². The Hall–Kier alpha value is -2.74. The molecule has 0 bridgehead atoms. The van der Waals surface area contributed by atoms with Crippen LogP contribution in [0.25, 0.3) is 11.1 Å². The van der Waals surface area contributed by atoms with E-state index < -0.39 is 10.9 Å². The SMILES string of the molecule is CCOC(=O)c1c(-c2cccc([N+](=O)[O-])c2)csc1NC(=O)CC1CCCCC1. The summed E-state index contributed by atoms with van der Waals surface area (Å²) in [5, 5.41) is 16.1. The highest BCUT2D eigenvalue weighted by molar-refractivity contribution is 7.15. The molecule has 1 N–H and O–H groups in total. The van der Waals surface area contributed by atoms with E-state index in [-0.39, 0.29) is 23.8 Å². The molecule has 8 heteroatoms. The minimum atomic E-state index is -0.553. The molecule has 0 radical (unpaired) electrons. The fourth-order valence-corrected chi connectivity index (χ4v) is 4.66. The van der Waals surface area contributed by atoms with Gasteiger partial charge in [-0.2, -0.15) is 0 Å². The number of hydrogen-bond acceptors (Lipinski definition) is 6. The topological polar surface area (TPSA) is 98.5 Å². The van der Waals surface area contributed by atoms with Gasteiger partial charge in [-0.05, 0) is 31.2 Å². The zero-order valence-electron chi connectivity index (χ0n) is 16.3. The lowest BCUT2D eigenvalue weighted by atomic mass is 9.87. The predicted molar refractivity (Wildman–Crippen MR) is 112 cm³/mol. The lowest BCUT2D eigenvalue weighted by Crippen LogP contribution is -2.19. The first-order valence-electron chi connectivity index (χ1n) is 9.83. The van der Waals surface area contributed by atoms with Crippen LogP contribution in [0.4, 0.5) is 10.7 Å². The van der Waals surface area contributed by atoms with E-state index in [1.54, 1.807) is 24.4 Å². The highest BCUT2D eigenvalue weighted by Crippen LogP contribution is 2.37. The summed E-state index contributed by atoms with van der Waals surface area (Å²) in [6, 6.07) is 6.08. The number of thiophene rings is 1. The number of anilines is 1. The van der Waals surface area contributed by atoms with Gasteiger partial charge in [0.2, 0.25) is 5.91 Å². The molecule has 1 fully saturated rings. The number of nitrogens with zero attached hydrogens (tertiary/aromatic N) is 1. The number of carbonyl (C=O) groups excluding carboxylic acids is 2. The molecular weight excluding hydrogens is 392 g/mol. The van der Waals surface area contributed by atoms with Crippen molar-refractivity contribution >= 4 is 33.9 Å². The zero-order valence-corrected chi connectivity index (χ0v) is 17.1. The summed E-state index contributed by atoms with van der Waals surface area (Å²) in [6.07, 6.45) is 6.09. The minimum Gasteiger partial charge on any atom is -0.462 e. The van der Waals surface area contributed by atoms with Gasteiger partial charge in [0, 0.05) is 29.5 Å². The van der Waals surface area contributed by atoms with Crippen molar-refractivity contribution in [3.05, 3.63) is 45.3 Å². The number of ether oxygens (including phenoxy) is 1. The smallest absolute Gasteiger partial charge is 0.341 e. The molecule has 1 aromatic heterocycles. The van der Waals surface area contributed by atoms with Crippen molar-refractivity contribution in [2.45, 2.75) is 45.4 Å². The normalized spacial score (nSPS) is 14.4.